The van der Waals surface area contributed by atoms with Crippen LogP contribution < -0.4 is 4.74 Å². The van der Waals surface area contributed by atoms with Gasteiger partial charge in [-0.3, -0.25) is 19.8 Å². The molecule has 0 atom stereocenters. The van der Waals surface area contributed by atoms with E-state index in [-0.39, 0.29) is 24.0 Å². The number of carbonyl (C=O) groups is 1. The van der Waals surface area contributed by atoms with Gasteiger partial charge in [0.1, 0.15) is 5.82 Å². The number of piperazine rings is 1. The van der Waals surface area contributed by atoms with Crippen molar-refractivity contribution in [1.82, 2.24) is 9.80 Å². The van der Waals surface area contributed by atoms with E-state index < -0.39 is 10.7 Å². The van der Waals surface area contributed by atoms with E-state index in [2.05, 4.69) is 30.0 Å². The van der Waals surface area contributed by atoms with Crippen molar-refractivity contribution < 1.29 is 18.8 Å². The number of halogens is 1. The van der Waals surface area contributed by atoms with Crippen molar-refractivity contribution in [2.24, 2.45) is 0 Å². The Balaban J connectivity index is 1.50. The van der Waals surface area contributed by atoms with Gasteiger partial charge in [0.2, 0.25) is 5.75 Å². The molecule has 2 aromatic rings. The molecule has 0 aliphatic carbocycles. The lowest BCUT2D eigenvalue weighted by Crippen LogP contribution is -2.49. The van der Waals surface area contributed by atoms with Gasteiger partial charge < -0.3 is 9.64 Å². The van der Waals surface area contributed by atoms with E-state index in [1.165, 1.54) is 11.1 Å². The van der Waals surface area contributed by atoms with Crippen molar-refractivity contribution in [3.8, 4) is 5.75 Å². The first-order valence-electron chi connectivity index (χ1n) is 9.05. The fourth-order valence-corrected chi connectivity index (χ4v) is 3.21. The summed E-state index contributed by atoms with van der Waals surface area (Å²) in [6.45, 7) is 5.11. The second kappa shape index (κ2) is 8.79. The van der Waals surface area contributed by atoms with Crippen LogP contribution in [-0.4, -0.2) is 53.4 Å². The number of carbonyl (C=O) groups excluding carboxylic acids is 1. The van der Waals surface area contributed by atoms with Gasteiger partial charge in [-0.05, 0) is 18.6 Å². The lowest BCUT2D eigenvalue weighted by molar-refractivity contribution is -0.385. The minimum Gasteiger partial charge on any atom is -0.477 e. The van der Waals surface area contributed by atoms with Crippen molar-refractivity contribution in [2.75, 3.05) is 32.8 Å². The van der Waals surface area contributed by atoms with E-state index in [1.54, 1.807) is 4.90 Å². The number of ether oxygens (including phenoxy) is 1. The van der Waals surface area contributed by atoms with Crippen LogP contribution in [0.15, 0.2) is 42.5 Å². The van der Waals surface area contributed by atoms with Crippen LogP contribution in [-0.2, 0) is 11.3 Å². The van der Waals surface area contributed by atoms with Crippen LogP contribution in [0.4, 0.5) is 10.1 Å². The average Bonchev–Trinajstić information content (AvgIpc) is 2.66. The summed E-state index contributed by atoms with van der Waals surface area (Å²) < 4.78 is 18.6. The number of amides is 1. The standard InChI is InChI=1S/C20H22FN3O4/c1-15-3-2-4-16(11-15)13-22-7-9-23(10-8-22)20(25)14-28-19-12-17(21)5-6-18(19)24(26)27/h2-6,11-12H,7-10,13-14H2,1H3. The summed E-state index contributed by atoms with van der Waals surface area (Å²) in [5, 5.41) is 11.0. The molecular weight excluding hydrogens is 365 g/mol. The normalized spacial score (nSPS) is 14.7. The summed E-state index contributed by atoms with van der Waals surface area (Å²) >= 11 is 0. The molecule has 3 rings (SSSR count). The number of nitro benzene ring substituents is 1. The molecule has 1 fully saturated rings. The lowest BCUT2D eigenvalue weighted by atomic mass is 10.1. The van der Waals surface area contributed by atoms with Crippen molar-refractivity contribution in [1.29, 1.82) is 0 Å². The first-order chi connectivity index (χ1) is 13.4. The molecule has 0 bridgehead atoms. The van der Waals surface area contributed by atoms with Crippen LogP contribution in [0, 0.1) is 22.9 Å². The third kappa shape index (κ3) is 5.04. The maximum atomic E-state index is 13.3. The molecule has 1 saturated heterocycles. The van der Waals surface area contributed by atoms with Crippen LogP contribution in [0.1, 0.15) is 11.1 Å². The number of nitro groups is 1. The Kier molecular flexibility index (Phi) is 6.20. The van der Waals surface area contributed by atoms with E-state index in [0.29, 0.717) is 13.1 Å². The fraction of sp³-hybridized carbons (Fsp3) is 0.350. The molecule has 1 aliphatic heterocycles. The van der Waals surface area contributed by atoms with Crippen molar-refractivity contribution in [3.63, 3.8) is 0 Å². The Labute approximate surface area is 162 Å². The zero-order valence-electron chi connectivity index (χ0n) is 15.6. The Morgan fingerprint density at radius 2 is 1.93 bits per heavy atom. The molecule has 0 spiro atoms. The van der Waals surface area contributed by atoms with Crippen LogP contribution >= 0.6 is 0 Å². The quantitative estimate of drug-likeness (QED) is 0.563. The maximum Gasteiger partial charge on any atom is 0.311 e. The predicted octanol–water partition coefficient (Wildman–Crippen LogP) is 2.77. The third-order valence-electron chi connectivity index (χ3n) is 4.68. The molecule has 0 N–H and O–H groups in total. The van der Waals surface area contributed by atoms with Crippen LogP contribution in [0.3, 0.4) is 0 Å². The Hall–Kier alpha value is -3.00. The van der Waals surface area contributed by atoms with Crippen molar-refractivity contribution in [3.05, 3.63) is 69.5 Å². The second-order valence-electron chi connectivity index (χ2n) is 6.80. The van der Waals surface area contributed by atoms with E-state index in [4.69, 9.17) is 4.74 Å². The Morgan fingerprint density at radius 1 is 1.18 bits per heavy atom. The molecule has 1 aliphatic rings. The van der Waals surface area contributed by atoms with Crippen LogP contribution in [0.2, 0.25) is 0 Å². The van der Waals surface area contributed by atoms with E-state index in [1.807, 2.05) is 6.07 Å². The second-order valence-corrected chi connectivity index (χ2v) is 6.80. The SMILES string of the molecule is Cc1cccc(CN2CCN(C(=O)COc3cc(F)ccc3[N+](=O)[O-])CC2)c1. The molecule has 7 nitrogen and oxygen atoms in total. The number of hydrogen-bond donors (Lipinski definition) is 0. The van der Waals surface area contributed by atoms with Gasteiger partial charge in [-0.25, -0.2) is 4.39 Å². The predicted molar refractivity (Wildman–Crippen MR) is 102 cm³/mol. The smallest absolute Gasteiger partial charge is 0.311 e. The molecule has 2 aromatic carbocycles. The van der Waals surface area contributed by atoms with Gasteiger partial charge in [0.15, 0.2) is 6.61 Å². The topological polar surface area (TPSA) is 75.9 Å². The van der Waals surface area contributed by atoms with Gasteiger partial charge in [0.25, 0.3) is 5.91 Å². The van der Waals surface area contributed by atoms with E-state index in [0.717, 1.165) is 37.8 Å². The Morgan fingerprint density at radius 3 is 2.61 bits per heavy atom. The molecule has 28 heavy (non-hydrogen) atoms. The van der Waals surface area contributed by atoms with Crippen molar-refractivity contribution in [2.45, 2.75) is 13.5 Å². The molecule has 1 heterocycles. The summed E-state index contributed by atoms with van der Waals surface area (Å²) in [7, 11) is 0. The van der Waals surface area contributed by atoms with E-state index in [9.17, 15) is 19.3 Å². The molecule has 148 valence electrons. The zero-order chi connectivity index (χ0) is 20.1. The fourth-order valence-electron chi connectivity index (χ4n) is 3.21. The van der Waals surface area contributed by atoms with Crippen LogP contribution in [0.5, 0.6) is 5.75 Å². The highest BCUT2D eigenvalue weighted by Gasteiger charge is 2.23. The van der Waals surface area contributed by atoms with Gasteiger partial charge in [-0.1, -0.05) is 29.8 Å². The molecule has 0 unspecified atom stereocenters. The summed E-state index contributed by atoms with van der Waals surface area (Å²) in [6.07, 6.45) is 0. The Bertz CT molecular complexity index is 866. The van der Waals surface area contributed by atoms with E-state index >= 15 is 0 Å². The minimum absolute atomic E-state index is 0.239. The average molecular weight is 387 g/mol. The summed E-state index contributed by atoms with van der Waals surface area (Å²) in [6, 6.07) is 11.3. The molecule has 0 aromatic heterocycles. The molecule has 0 radical (unpaired) electrons. The number of rotatable bonds is 6. The third-order valence-corrected chi connectivity index (χ3v) is 4.68. The highest BCUT2D eigenvalue weighted by atomic mass is 19.1. The number of nitrogens with zero attached hydrogens (tertiary/aromatic N) is 3. The summed E-state index contributed by atoms with van der Waals surface area (Å²) in [4.78, 5) is 26.6. The number of hydrogen-bond acceptors (Lipinski definition) is 5. The number of aryl methyl sites for hydroxylation is 1. The van der Waals surface area contributed by atoms with Gasteiger partial charge in [-0.2, -0.15) is 0 Å². The first-order valence-corrected chi connectivity index (χ1v) is 9.05. The summed E-state index contributed by atoms with van der Waals surface area (Å²) in [5.74, 6) is -1.16. The number of benzene rings is 2. The lowest BCUT2D eigenvalue weighted by Gasteiger charge is -2.34. The minimum atomic E-state index is -0.663. The van der Waals surface area contributed by atoms with Gasteiger partial charge in [0, 0.05) is 44.9 Å². The summed E-state index contributed by atoms with van der Waals surface area (Å²) in [5.41, 5.74) is 2.09. The maximum absolute atomic E-state index is 13.3. The largest absolute Gasteiger partial charge is 0.477 e. The van der Waals surface area contributed by atoms with Crippen LogP contribution in [0.25, 0.3) is 0 Å². The highest BCUT2D eigenvalue weighted by Crippen LogP contribution is 2.27. The van der Waals surface area contributed by atoms with Gasteiger partial charge >= 0.3 is 5.69 Å². The van der Waals surface area contributed by atoms with Gasteiger partial charge in [0.05, 0.1) is 4.92 Å². The van der Waals surface area contributed by atoms with Gasteiger partial charge in [-0.15, -0.1) is 0 Å². The first kappa shape index (κ1) is 19.8. The highest BCUT2D eigenvalue weighted by molar-refractivity contribution is 5.78. The zero-order valence-corrected chi connectivity index (χ0v) is 15.6. The molecule has 8 heteroatoms. The van der Waals surface area contributed by atoms with Crippen molar-refractivity contribution >= 4 is 11.6 Å². The monoisotopic (exact) mass is 387 g/mol. The molecule has 0 saturated carbocycles. The molecule has 1 amide bonds. The molecular formula is C20H22FN3O4.